The predicted molar refractivity (Wildman–Crippen MR) is 98.0 cm³/mol. The zero-order chi connectivity index (χ0) is 19.4. The Balaban J connectivity index is 1.77. The summed E-state index contributed by atoms with van der Waals surface area (Å²) in [4.78, 5) is 14.0. The lowest BCUT2D eigenvalue weighted by Gasteiger charge is -2.25. The number of alkyl halides is 2. The zero-order valence-electron chi connectivity index (χ0n) is 15.1. The Kier molecular flexibility index (Phi) is 6.44. The van der Waals surface area contributed by atoms with Crippen molar-refractivity contribution in [3.05, 3.63) is 52.3 Å². The van der Waals surface area contributed by atoms with Gasteiger partial charge in [0.2, 0.25) is 0 Å². The van der Waals surface area contributed by atoms with Crippen molar-refractivity contribution in [3.63, 3.8) is 0 Å². The quantitative estimate of drug-likeness (QED) is 0.653. The Labute approximate surface area is 161 Å². The van der Waals surface area contributed by atoms with Crippen LogP contribution in [0.4, 0.5) is 8.78 Å². The molecule has 2 aromatic rings. The van der Waals surface area contributed by atoms with Crippen molar-refractivity contribution in [1.82, 2.24) is 14.7 Å². The second-order valence-electron chi connectivity index (χ2n) is 6.51. The first-order valence-electron chi connectivity index (χ1n) is 8.99. The molecule has 1 aromatic heterocycles. The fraction of sp³-hybridized carbons (Fsp3) is 0.474. The van der Waals surface area contributed by atoms with Crippen molar-refractivity contribution >= 4 is 17.6 Å². The molecular weight excluding hydrogens is 376 g/mol. The molecule has 0 amide bonds. The minimum Gasteiger partial charge on any atom is -0.462 e. The Morgan fingerprint density at radius 3 is 2.89 bits per heavy atom. The van der Waals surface area contributed by atoms with Crippen LogP contribution in [-0.2, 0) is 17.8 Å². The van der Waals surface area contributed by atoms with Crippen LogP contribution in [-0.4, -0.2) is 39.8 Å². The number of hydrogen-bond acceptors (Lipinski definition) is 4. The smallest absolute Gasteiger partial charge is 0.341 e. The van der Waals surface area contributed by atoms with E-state index in [2.05, 4.69) is 10.00 Å². The zero-order valence-corrected chi connectivity index (χ0v) is 15.8. The average Bonchev–Trinajstić information content (AvgIpc) is 3.25. The van der Waals surface area contributed by atoms with Gasteiger partial charge in [0.25, 0.3) is 6.43 Å². The minimum absolute atomic E-state index is 0.124. The Morgan fingerprint density at radius 1 is 1.41 bits per heavy atom. The van der Waals surface area contributed by atoms with Crippen LogP contribution < -0.4 is 0 Å². The summed E-state index contributed by atoms with van der Waals surface area (Å²) in [5.41, 5.74) is 0.475. The Hall–Kier alpha value is -1.99. The first-order valence-corrected chi connectivity index (χ1v) is 9.37. The molecule has 0 saturated carbocycles. The molecule has 1 aliphatic rings. The van der Waals surface area contributed by atoms with Gasteiger partial charge in [-0.05, 0) is 37.8 Å². The minimum atomic E-state index is -2.81. The largest absolute Gasteiger partial charge is 0.462 e. The number of rotatable bonds is 7. The number of nitrogens with zero attached hydrogens (tertiary/aromatic N) is 3. The van der Waals surface area contributed by atoms with E-state index in [1.54, 1.807) is 6.92 Å². The van der Waals surface area contributed by atoms with Gasteiger partial charge in [-0.2, -0.15) is 5.10 Å². The number of benzene rings is 1. The standard InChI is InChI=1S/C19H22ClF2N3O2/c1-2-27-19(26)15-11-23-25(17(15)18(21)22)12-24-9-5-7-14(24)10-13-6-3-4-8-16(13)20/h3-4,6,8,11,14,18H,2,5,7,9-10,12H2,1H3. The molecule has 2 heterocycles. The summed E-state index contributed by atoms with van der Waals surface area (Å²) in [6.07, 6.45) is 1.04. The van der Waals surface area contributed by atoms with Gasteiger partial charge in [-0.25, -0.2) is 18.3 Å². The average molecular weight is 398 g/mol. The molecule has 0 N–H and O–H groups in total. The van der Waals surface area contributed by atoms with Gasteiger partial charge in [0, 0.05) is 17.6 Å². The molecule has 0 radical (unpaired) electrons. The number of likely N-dealkylation sites (tertiary alicyclic amines) is 1. The molecule has 0 spiro atoms. The molecular formula is C19H22ClF2N3O2. The number of halogens is 3. The van der Waals surface area contributed by atoms with E-state index in [1.807, 2.05) is 24.3 Å². The third-order valence-electron chi connectivity index (χ3n) is 4.81. The van der Waals surface area contributed by atoms with E-state index in [0.717, 1.165) is 31.4 Å². The van der Waals surface area contributed by atoms with E-state index in [9.17, 15) is 13.6 Å². The van der Waals surface area contributed by atoms with Crippen LogP contribution in [0.1, 0.15) is 47.8 Å². The van der Waals surface area contributed by atoms with Gasteiger partial charge in [0.1, 0.15) is 11.3 Å². The highest BCUT2D eigenvalue weighted by atomic mass is 35.5. The summed E-state index contributed by atoms with van der Waals surface area (Å²) in [5, 5.41) is 4.74. The van der Waals surface area contributed by atoms with Gasteiger partial charge < -0.3 is 4.74 Å². The van der Waals surface area contributed by atoms with E-state index in [4.69, 9.17) is 16.3 Å². The molecule has 1 aliphatic heterocycles. The van der Waals surface area contributed by atoms with Crippen molar-refractivity contribution in [1.29, 1.82) is 0 Å². The molecule has 3 rings (SSSR count). The van der Waals surface area contributed by atoms with Gasteiger partial charge in [-0.15, -0.1) is 0 Å². The SMILES string of the molecule is CCOC(=O)c1cnn(CN2CCCC2Cc2ccccc2Cl)c1C(F)F. The lowest BCUT2D eigenvalue weighted by atomic mass is 10.0. The van der Waals surface area contributed by atoms with Gasteiger partial charge in [0.05, 0.1) is 19.5 Å². The van der Waals surface area contributed by atoms with Crippen molar-refractivity contribution in [2.75, 3.05) is 13.2 Å². The number of hydrogen-bond donors (Lipinski definition) is 0. The molecule has 5 nitrogen and oxygen atoms in total. The van der Waals surface area contributed by atoms with Gasteiger partial charge in [-0.3, -0.25) is 4.90 Å². The Morgan fingerprint density at radius 2 is 2.19 bits per heavy atom. The maximum atomic E-state index is 13.6. The normalized spacial score (nSPS) is 17.6. The first-order chi connectivity index (χ1) is 13.0. The van der Waals surface area contributed by atoms with Crippen LogP contribution in [0.5, 0.6) is 0 Å². The topological polar surface area (TPSA) is 47.4 Å². The third-order valence-corrected chi connectivity index (χ3v) is 5.18. The molecule has 146 valence electrons. The van der Waals surface area contributed by atoms with Crippen LogP contribution in [0, 0.1) is 0 Å². The van der Waals surface area contributed by atoms with Gasteiger partial charge >= 0.3 is 5.97 Å². The number of aromatic nitrogens is 2. The summed E-state index contributed by atoms with van der Waals surface area (Å²) >= 11 is 6.26. The van der Waals surface area contributed by atoms with Crippen molar-refractivity contribution < 1.29 is 18.3 Å². The second kappa shape index (κ2) is 8.80. The number of ether oxygens (including phenoxy) is 1. The number of carbonyl (C=O) groups is 1. The van der Waals surface area contributed by atoms with E-state index < -0.39 is 18.1 Å². The molecule has 1 saturated heterocycles. The highest BCUT2D eigenvalue weighted by molar-refractivity contribution is 6.31. The highest BCUT2D eigenvalue weighted by Gasteiger charge is 2.30. The van der Waals surface area contributed by atoms with Crippen molar-refractivity contribution in [2.45, 2.75) is 45.3 Å². The predicted octanol–water partition coefficient (Wildman–Crippen LogP) is 4.32. The monoisotopic (exact) mass is 397 g/mol. The molecule has 8 heteroatoms. The maximum absolute atomic E-state index is 13.6. The van der Waals surface area contributed by atoms with Gasteiger partial charge in [-0.1, -0.05) is 29.8 Å². The van der Waals surface area contributed by atoms with Crippen LogP contribution in [0.25, 0.3) is 0 Å². The first kappa shape index (κ1) is 19.8. The second-order valence-corrected chi connectivity index (χ2v) is 6.92. The number of esters is 1. The molecule has 1 unspecified atom stereocenters. The lowest BCUT2D eigenvalue weighted by Crippen LogP contribution is -2.34. The van der Waals surface area contributed by atoms with Gasteiger partial charge in [0.15, 0.2) is 0 Å². The molecule has 27 heavy (non-hydrogen) atoms. The van der Waals surface area contributed by atoms with E-state index in [0.29, 0.717) is 5.02 Å². The summed E-state index contributed by atoms with van der Waals surface area (Å²) in [6, 6.07) is 7.84. The molecule has 1 aromatic carbocycles. The third kappa shape index (κ3) is 4.47. The summed E-state index contributed by atoms with van der Waals surface area (Å²) in [7, 11) is 0. The highest BCUT2D eigenvalue weighted by Crippen LogP contribution is 2.28. The summed E-state index contributed by atoms with van der Waals surface area (Å²) in [6.45, 7) is 2.74. The van der Waals surface area contributed by atoms with Crippen LogP contribution in [0.15, 0.2) is 30.5 Å². The summed E-state index contributed by atoms with van der Waals surface area (Å²) < 4.78 is 33.2. The van der Waals surface area contributed by atoms with Crippen LogP contribution in [0.2, 0.25) is 5.02 Å². The van der Waals surface area contributed by atoms with Crippen molar-refractivity contribution in [3.8, 4) is 0 Å². The fourth-order valence-electron chi connectivity index (χ4n) is 3.51. The molecule has 1 atom stereocenters. The number of carbonyl (C=O) groups excluding carboxylic acids is 1. The summed E-state index contributed by atoms with van der Waals surface area (Å²) in [5.74, 6) is -0.770. The van der Waals surface area contributed by atoms with Crippen LogP contribution in [0.3, 0.4) is 0 Å². The van der Waals surface area contributed by atoms with E-state index in [1.165, 1.54) is 10.9 Å². The molecule has 0 aliphatic carbocycles. The van der Waals surface area contributed by atoms with E-state index in [-0.39, 0.29) is 24.9 Å². The van der Waals surface area contributed by atoms with E-state index >= 15 is 0 Å². The lowest BCUT2D eigenvalue weighted by molar-refractivity contribution is 0.0511. The van der Waals surface area contributed by atoms with Crippen LogP contribution >= 0.6 is 11.6 Å². The molecule has 0 bridgehead atoms. The molecule has 1 fully saturated rings. The van der Waals surface area contributed by atoms with Crippen molar-refractivity contribution in [2.24, 2.45) is 0 Å². The Bertz CT molecular complexity index is 797. The maximum Gasteiger partial charge on any atom is 0.341 e. The fourth-order valence-corrected chi connectivity index (χ4v) is 3.72.